The van der Waals surface area contributed by atoms with E-state index in [1.807, 2.05) is 30.3 Å². The summed E-state index contributed by atoms with van der Waals surface area (Å²) in [4.78, 5) is 12.2. The van der Waals surface area contributed by atoms with Crippen molar-refractivity contribution in [3.63, 3.8) is 0 Å². The SMILES string of the molecule is CCCCCCCCC(CCCCCCCC)COC(=O)CCOCCOCc1ccccc1. The number of rotatable bonds is 24. The normalized spacial score (nSPS) is 11.3. The van der Waals surface area contributed by atoms with Gasteiger partial charge in [-0.3, -0.25) is 4.79 Å². The quantitative estimate of drug-likeness (QED) is 0.111. The molecule has 4 nitrogen and oxygen atoms in total. The highest BCUT2D eigenvalue weighted by molar-refractivity contribution is 5.69. The van der Waals surface area contributed by atoms with Gasteiger partial charge in [-0.05, 0) is 24.3 Å². The smallest absolute Gasteiger partial charge is 0.308 e. The first-order valence-electron chi connectivity index (χ1n) is 14.1. The minimum atomic E-state index is -0.138. The molecular weight excluding hydrogens is 424 g/mol. The Morgan fingerprint density at radius 2 is 1.26 bits per heavy atom. The molecule has 0 bridgehead atoms. The van der Waals surface area contributed by atoms with Crippen LogP contribution < -0.4 is 0 Å². The number of unbranched alkanes of at least 4 members (excludes halogenated alkanes) is 10. The Kier molecular flexibility index (Phi) is 21.0. The van der Waals surface area contributed by atoms with Crippen molar-refractivity contribution < 1.29 is 19.0 Å². The van der Waals surface area contributed by atoms with Gasteiger partial charge in [0, 0.05) is 0 Å². The summed E-state index contributed by atoms with van der Waals surface area (Å²) in [5.41, 5.74) is 1.16. The molecule has 0 aliphatic rings. The highest BCUT2D eigenvalue weighted by Gasteiger charge is 2.12. The van der Waals surface area contributed by atoms with Crippen molar-refractivity contribution in [2.45, 2.75) is 117 Å². The Balaban J connectivity index is 2.12. The Morgan fingerprint density at radius 1 is 0.706 bits per heavy atom. The largest absolute Gasteiger partial charge is 0.465 e. The lowest BCUT2D eigenvalue weighted by molar-refractivity contribution is -0.146. The fourth-order valence-corrected chi connectivity index (χ4v) is 4.16. The molecular formula is C30H52O4. The van der Waals surface area contributed by atoms with Gasteiger partial charge in [-0.25, -0.2) is 0 Å². The van der Waals surface area contributed by atoms with Crippen molar-refractivity contribution in [2.24, 2.45) is 5.92 Å². The first-order chi connectivity index (χ1) is 16.8. The molecule has 0 atom stereocenters. The van der Waals surface area contributed by atoms with Gasteiger partial charge in [0.05, 0.1) is 39.5 Å². The first-order valence-corrected chi connectivity index (χ1v) is 14.1. The van der Waals surface area contributed by atoms with E-state index in [1.54, 1.807) is 0 Å². The number of hydrogen-bond donors (Lipinski definition) is 0. The Bertz CT molecular complexity index is 544. The second-order valence-electron chi connectivity index (χ2n) is 9.56. The molecule has 0 aliphatic carbocycles. The molecule has 34 heavy (non-hydrogen) atoms. The van der Waals surface area contributed by atoms with Crippen LogP contribution in [0.2, 0.25) is 0 Å². The summed E-state index contributed by atoms with van der Waals surface area (Å²) in [5, 5.41) is 0. The molecule has 1 rings (SSSR count). The van der Waals surface area contributed by atoms with Crippen LogP contribution >= 0.6 is 0 Å². The Morgan fingerprint density at radius 3 is 1.88 bits per heavy atom. The summed E-state index contributed by atoms with van der Waals surface area (Å²) in [6, 6.07) is 10.1. The van der Waals surface area contributed by atoms with Crippen LogP contribution in [0.1, 0.15) is 116 Å². The lowest BCUT2D eigenvalue weighted by Crippen LogP contribution is -2.16. The number of benzene rings is 1. The summed E-state index contributed by atoms with van der Waals surface area (Å²) >= 11 is 0. The van der Waals surface area contributed by atoms with Crippen LogP contribution in [0.5, 0.6) is 0 Å². The van der Waals surface area contributed by atoms with Crippen molar-refractivity contribution >= 4 is 5.97 Å². The predicted octanol–water partition coefficient (Wildman–Crippen LogP) is 8.27. The van der Waals surface area contributed by atoms with E-state index in [0.717, 1.165) is 5.56 Å². The van der Waals surface area contributed by atoms with Crippen LogP contribution in [0.3, 0.4) is 0 Å². The zero-order chi connectivity index (χ0) is 24.5. The molecule has 0 aromatic heterocycles. The van der Waals surface area contributed by atoms with Crippen molar-refractivity contribution in [3.05, 3.63) is 35.9 Å². The molecule has 0 fully saturated rings. The van der Waals surface area contributed by atoms with Gasteiger partial charge in [-0.1, -0.05) is 121 Å². The maximum atomic E-state index is 12.2. The van der Waals surface area contributed by atoms with Crippen LogP contribution in [0.15, 0.2) is 30.3 Å². The highest BCUT2D eigenvalue weighted by Crippen LogP contribution is 2.20. The van der Waals surface area contributed by atoms with Crippen molar-refractivity contribution in [1.82, 2.24) is 0 Å². The third-order valence-corrected chi connectivity index (χ3v) is 6.35. The van der Waals surface area contributed by atoms with E-state index in [2.05, 4.69) is 13.8 Å². The lowest BCUT2D eigenvalue weighted by atomic mass is 9.95. The maximum Gasteiger partial charge on any atom is 0.308 e. The number of hydrogen-bond acceptors (Lipinski definition) is 4. The molecule has 0 radical (unpaired) electrons. The summed E-state index contributed by atoms with van der Waals surface area (Å²) in [6.45, 7) is 7.10. The second-order valence-corrected chi connectivity index (χ2v) is 9.56. The van der Waals surface area contributed by atoms with E-state index < -0.39 is 0 Å². The summed E-state index contributed by atoms with van der Waals surface area (Å²) in [6.07, 6.45) is 18.5. The second kappa shape index (κ2) is 23.4. The molecule has 0 N–H and O–H groups in total. The van der Waals surface area contributed by atoms with Crippen LogP contribution in [0.25, 0.3) is 0 Å². The van der Waals surface area contributed by atoms with Gasteiger partial charge in [-0.2, -0.15) is 0 Å². The van der Waals surface area contributed by atoms with Gasteiger partial charge in [0.1, 0.15) is 0 Å². The molecule has 0 unspecified atom stereocenters. The average Bonchev–Trinajstić information content (AvgIpc) is 2.86. The fraction of sp³-hybridized carbons (Fsp3) is 0.767. The standard InChI is InChI=1S/C30H52O4/c1-3-5-7-9-11-14-20-29(21-15-12-10-8-6-4-2)27-34-30(31)22-23-32-24-25-33-26-28-18-16-13-17-19-28/h13,16-19,29H,3-12,14-15,20-27H2,1-2H3. The van der Waals surface area contributed by atoms with Crippen LogP contribution in [-0.4, -0.2) is 32.4 Å². The number of carbonyl (C=O) groups excluding carboxylic acids is 1. The summed E-state index contributed by atoms with van der Waals surface area (Å²) in [5.74, 6) is 0.370. The van der Waals surface area contributed by atoms with Gasteiger partial charge in [0.15, 0.2) is 0 Å². The Labute approximate surface area is 210 Å². The van der Waals surface area contributed by atoms with Crippen LogP contribution in [-0.2, 0) is 25.6 Å². The van der Waals surface area contributed by atoms with Crippen molar-refractivity contribution in [1.29, 1.82) is 0 Å². The average molecular weight is 477 g/mol. The summed E-state index contributed by atoms with van der Waals surface area (Å²) < 4.78 is 16.8. The third kappa shape index (κ3) is 19.0. The van der Waals surface area contributed by atoms with E-state index in [4.69, 9.17) is 14.2 Å². The highest BCUT2D eigenvalue weighted by atomic mass is 16.5. The van der Waals surface area contributed by atoms with Gasteiger partial charge in [-0.15, -0.1) is 0 Å². The third-order valence-electron chi connectivity index (χ3n) is 6.35. The number of carbonyl (C=O) groups is 1. The first kappa shape index (κ1) is 30.6. The molecule has 0 saturated carbocycles. The lowest BCUT2D eigenvalue weighted by Gasteiger charge is -2.17. The number of esters is 1. The molecule has 0 aliphatic heterocycles. The van der Waals surface area contributed by atoms with Gasteiger partial charge >= 0.3 is 5.97 Å². The van der Waals surface area contributed by atoms with Gasteiger partial charge in [0.25, 0.3) is 0 Å². The summed E-state index contributed by atoms with van der Waals surface area (Å²) in [7, 11) is 0. The van der Waals surface area contributed by atoms with Crippen LogP contribution in [0.4, 0.5) is 0 Å². The maximum absolute atomic E-state index is 12.2. The van der Waals surface area contributed by atoms with Crippen molar-refractivity contribution in [3.8, 4) is 0 Å². The van der Waals surface area contributed by atoms with E-state index in [9.17, 15) is 4.79 Å². The molecule has 4 heteroatoms. The topological polar surface area (TPSA) is 44.8 Å². The molecule has 0 saturated heterocycles. The van der Waals surface area contributed by atoms with Crippen molar-refractivity contribution in [2.75, 3.05) is 26.4 Å². The zero-order valence-corrected chi connectivity index (χ0v) is 22.2. The molecule has 196 valence electrons. The molecule has 1 aromatic carbocycles. The minimum absolute atomic E-state index is 0.138. The predicted molar refractivity (Wildman–Crippen MR) is 142 cm³/mol. The fourth-order valence-electron chi connectivity index (χ4n) is 4.16. The van der Waals surface area contributed by atoms with Gasteiger partial charge < -0.3 is 14.2 Å². The molecule has 0 heterocycles. The molecule has 0 spiro atoms. The van der Waals surface area contributed by atoms with E-state index >= 15 is 0 Å². The number of ether oxygens (including phenoxy) is 3. The Hall–Kier alpha value is -1.39. The van der Waals surface area contributed by atoms with Crippen LogP contribution in [0, 0.1) is 5.92 Å². The molecule has 0 amide bonds. The monoisotopic (exact) mass is 476 g/mol. The molecule has 1 aromatic rings. The van der Waals surface area contributed by atoms with Gasteiger partial charge in [0.2, 0.25) is 0 Å². The van der Waals surface area contributed by atoms with E-state index in [1.165, 1.54) is 89.9 Å². The zero-order valence-electron chi connectivity index (χ0n) is 22.2. The van der Waals surface area contributed by atoms with E-state index in [-0.39, 0.29) is 5.97 Å². The van der Waals surface area contributed by atoms with E-state index in [0.29, 0.717) is 45.4 Å². The minimum Gasteiger partial charge on any atom is -0.465 e.